The predicted molar refractivity (Wildman–Crippen MR) is 81.6 cm³/mol. The molecule has 1 aromatic carbocycles. The Hall–Kier alpha value is -1.11. The Morgan fingerprint density at radius 1 is 1.20 bits per heavy atom. The zero-order chi connectivity index (χ0) is 14.4. The van der Waals surface area contributed by atoms with Crippen LogP contribution < -0.4 is 10.5 Å². The van der Waals surface area contributed by atoms with Crippen molar-refractivity contribution in [3.05, 3.63) is 30.3 Å². The van der Waals surface area contributed by atoms with E-state index in [0.29, 0.717) is 19.0 Å². The lowest BCUT2D eigenvalue weighted by Crippen LogP contribution is -2.42. The van der Waals surface area contributed by atoms with Gasteiger partial charge in [0, 0.05) is 25.3 Å². The lowest BCUT2D eigenvalue weighted by molar-refractivity contribution is 0.262. The molecular formula is C14H23N3O2S. The van der Waals surface area contributed by atoms with Crippen molar-refractivity contribution in [2.24, 2.45) is 11.1 Å². The summed E-state index contributed by atoms with van der Waals surface area (Å²) in [5.74, 6) is 0.616. The second-order valence-electron chi connectivity index (χ2n) is 5.32. The van der Waals surface area contributed by atoms with Crippen LogP contribution in [-0.4, -0.2) is 32.4 Å². The molecule has 1 aliphatic heterocycles. The summed E-state index contributed by atoms with van der Waals surface area (Å²) in [6, 6.07) is 10.2. The van der Waals surface area contributed by atoms with Gasteiger partial charge in [0.1, 0.15) is 0 Å². The maximum Gasteiger partial charge on any atom is 0.276 e. The first-order valence-corrected chi connectivity index (χ1v) is 8.63. The number of benzene rings is 1. The lowest BCUT2D eigenvalue weighted by atomic mass is 9.93. The first-order chi connectivity index (χ1) is 9.55. The van der Waals surface area contributed by atoms with Crippen molar-refractivity contribution in [3.63, 3.8) is 0 Å². The molecule has 0 bridgehead atoms. The van der Waals surface area contributed by atoms with E-state index in [-0.39, 0.29) is 0 Å². The average Bonchev–Trinajstić information content (AvgIpc) is 2.44. The number of nitrogens with two attached hydrogens (primary N) is 1. The van der Waals surface area contributed by atoms with Crippen LogP contribution in [-0.2, 0) is 10.2 Å². The zero-order valence-electron chi connectivity index (χ0n) is 11.7. The fourth-order valence-corrected chi connectivity index (χ4v) is 3.35. The molecule has 0 radical (unpaired) electrons. The summed E-state index contributed by atoms with van der Waals surface area (Å²) in [4.78, 5) is 0. The van der Waals surface area contributed by atoms with Crippen LogP contribution in [0.4, 0.5) is 5.69 Å². The third-order valence-electron chi connectivity index (χ3n) is 3.83. The molecule has 1 saturated heterocycles. The quantitative estimate of drug-likeness (QED) is 0.786. The van der Waals surface area contributed by atoms with E-state index in [4.69, 9.17) is 5.14 Å². The highest BCUT2D eigenvalue weighted by Gasteiger charge is 2.24. The number of nitrogens with zero attached hydrogens (tertiary/aromatic N) is 1. The van der Waals surface area contributed by atoms with Crippen molar-refractivity contribution in [2.45, 2.75) is 25.7 Å². The van der Waals surface area contributed by atoms with Crippen LogP contribution in [0, 0.1) is 5.92 Å². The minimum Gasteiger partial charge on any atom is -0.385 e. The number of anilines is 1. The van der Waals surface area contributed by atoms with Gasteiger partial charge in [-0.15, -0.1) is 0 Å². The Kier molecular flexibility index (Phi) is 5.39. The zero-order valence-corrected chi connectivity index (χ0v) is 12.5. The van der Waals surface area contributed by atoms with E-state index in [9.17, 15) is 8.42 Å². The molecule has 0 spiro atoms. The van der Waals surface area contributed by atoms with E-state index >= 15 is 0 Å². The third-order valence-corrected chi connectivity index (χ3v) is 4.91. The van der Waals surface area contributed by atoms with Crippen molar-refractivity contribution in [2.75, 3.05) is 25.0 Å². The summed E-state index contributed by atoms with van der Waals surface area (Å²) in [6.07, 6.45) is 4.08. The smallest absolute Gasteiger partial charge is 0.276 e. The molecule has 0 unspecified atom stereocenters. The number of hydrogen-bond donors (Lipinski definition) is 2. The molecule has 1 heterocycles. The number of piperidine rings is 1. The van der Waals surface area contributed by atoms with Crippen LogP contribution in [0.5, 0.6) is 0 Å². The van der Waals surface area contributed by atoms with Crippen molar-refractivity contribution < 1.29 is 8.42 Å². The molecule has 5 nitrogen and oxygen atoms in total. The minimum absolute atomic E-state index is 0.565. The van der Waals surface area contributed by atoms with Crippen LogP contribution in [0.2, 0.25) is 0 Å². The van der Waals surface area contributed by atoms with Gasteiger partial charge >= 0.3 is 0 Å². The van der Waals surface area contributed by atoms with Crippen LogP contribution >= 0.6 is 0 Å². The van der Waals surface area contributed by atoms with Crippen LogP contribution in [0.3, 0.4) is 0 Å². The molecule has 20 heavy (non-hydrogen) atoms. The Balaban J connectivity index is 1.62. The Morgan fingerprint density at radius 3 is 2.45 bits per heavy atom. The van der Waals surface area contributed by atoms with E-state index in [1.54, 1.807) is 0 Å². The van der Waals surface area contributed by atoms with Crippen molar-refractivity contribution in [1.29, 1.82) is 0 Å². The molecule has 0 aromatic heterocycles. The van der Waals surface area contributed by atoms with Gasteiger partial charge in [0.2, 0.25) is 0 Å². The molecule has 0 atom stereocenters. The van der Waals surface area contributed by atoms with Crippen molar-refractivity contribution in [1.82, 2.24) is 4.31 Å². The molecule has 112 valence electrons. The van der Waals surface area contributed by atoms with Gasteiger partial charge in [0.25, 0.3) is 10.2 Å². The summed E-state index contributed by atoms with van der Waals surface area (Å²) in [5, 5.41) is 8.52. The highest BCUT2D eigenvalue weighted by atomic mass is 32.2. The number of rotatable bonds is 6. The van der Waals surface area contributed by atoms with Gasteiger partial charge in [-0.25, -0.2) is 5.14 Å². The molecule has 0 amide bonds. The van der Waals surface area contributed by atoms with Gasteiger partial charge in [0.05, 0.1) is 0 Å². The van der Waals surface area contributed by atoms with Crippen molar-refractivity contribution in [3.8, 4) is 0 Å². The van der Waals surface area contributed by atoms with Gasteiger partial charge in [-0.2, -0.15) is 12.7 Å². The maximum absolute atomic E-state index is 11.2. The predicted octanol–water partition coefficient (Wildman–Crippen LogP) is 1.79. The van der Waals surface area contributed by atoms with Gasteiger partial charge in [0.15, 0.2) is 0 Å². The van der Waals surface area contributed by atoms with E-state index in [0.717, 1.165) is 37.9 Å². The third kappa shape index (κ3) is 4.77. The average molecular weight is 297 g/mol. The molecule has 2 rings (SSSR count). The number of hydrogen-bond acceptors (Lipinski definition) is 3. The topological polar surface area (TPSA) is 75.4 Å². The molecule has 1 aromatic rings. The summed E-state index contributed by atoms with van der Waals surface area (Å²) in [7, 11) is -3.49. The molecule has 0 aliphatic carbocycles. The Morgan fingerprint density at radius 2 is 1.85 bits per heavy atom. The summed E-state index contributed by atoms with van der Waals surface area (Å²) in [5.41, 5.74) is 1.15. The number of nitrogens with one attached hydrogen (secondary N) is 1. The van der Waals surface area contributed by atoms with Gasteiger partial charge in [-0.1, -0.05) is 18.2 Å². The first-order valence-electron chi connectivity index (χ1n) is 7.12. The first kappa shape index (κ1) is 15.3. The van der Waals surface area contributed by atoms with Crippen LogP contribution in [0.15, 0.2) is 30.3 Å². The molecule has 0 saturated carbocycles. The van der Waals surface area contributed by atoms with Crippen LogP contribution in [0.25, 0.3) is 0 Å². The minimum atomic E-state index is -3.49. The Bertz CT molecular complexity index is 496. The Labute approximate surface area is 121 Å². The largest absolute Gasteiger partial charge is 0.385 e. The second kappa shape index (κ2) is 7.06. The van der Waals surface area contributed by atoms with Crippen LogP contribution in [0.1, 0.15) is 25.7 Å². The lowest BCUT2D eigenvalue weighted by Gasteiger charge is -2.29. The monoisotopic (exact) mass is 297 g/mol. The SMILES string of the molecule is NS(=O)(=O)N1CCC(CCCNc2ccccc2)CC1. The standard InChI is InChI=1S/C14H23N3O2S/c15-20(18,19)17-11-8-13(9-12-17)5-4-10-16-14-6-2-1-3-7-14/h1-3,6-7,13,16H,4-5,8-12H2,(H2,15,18,19). The molecule has 6 heteroatoms. The number of para-hydroxylation sites is 1. The maximum atomic E-state index is 11.2. The second-order valence-corrected chi connectivity index (χ2v) is 6.87. The van der Waals surface area contributed by atoms with E-state index < -0.39 is 10.2 Å². The van der Waals surface area contributed by atoms with E-state index in [1.165, 1.54) is 4.31 Å². The van der Waals surface area contributed by atoms with E-state index in [1.807, 2.05) is 18.2 Å². The molecular weight excluding hydrogens is 274 g/mol. The molecule has 1 fully saturated rings. The van der Waals surface area contributed by atoms with Gasteiger partial charge in [-0.3, -0.25) is 0 Å². The van der Waals surface area contributed by atoms with Gasteiger partial charge < -0.3 is 5.32 Å². The van der Waals surface area contributed by atoms with E-state index in [2.05, 4.69) is 17.4 Å². The van der Waals surface area contributed by atoms with Crippen molar-refractivity contribution >= 4 is 15.9 Å². The fraction of sp³-hybridized carbons (Fsp3) is 0.571. The highest BCUT2D eigenvalue weighted by molar-refractivity contribution is 7.86. The highest BCUT2D eigenvalue weighted by Crippen LogP contribution is 2.22. The molecule has 1 aliphatic rings. The summed E-state index contributed by atoms with van der Waals surface area (Å²) >= 11 is 0. The normalized spacial score (nSPS) is 18.1. The molecule has 3 N–H and O–H groups in total. The summed E-state index contributed by atoms with van der Waals surface area (Å²) < 4.78 is 23.8. The summed E-state index contributed by atoms with van der Waals surface area (Å²) in [6.45, 7) is 2.09. The van der Waals surface area contributed by atoms with Gasteiger partial charge in [-0.05, 0) is 43.7 Å². The fourth-order valence-electron chi connectivity index (χ4n) is 2.63.